The van der Waals surface area contributed by atoms with Crippen LogP contribution in [0, 0.1) is 0 Å². The van der Waals surface area contributed by atoms with E-state index in [0.29, 0.717) is 31.6 Å². The van der Waals surface area contributed by atoms with Gasteiger partial charge in [0.2, 0.25) is 5.91 Å². The Morgan fingerprint density at radius 1 is 0.933 bits per heavy atom. The first kappa shape index (κ1) is 21.5. The molecule has 30 heavy (non-hydrogen) atoms. The van der Waals surface area contributed by atoms with Gasteiger partial charge in [-0.25, -0.2) is 4.79 Å². The van der Waals surface area contributed by atoms with Gasteiger partial charge in [-0.2, -0.15) is 0 Å². The average Bonchev–Trinajstić information content (AvgIpc) is 2.77. The molecule has 0 bridgehead atoms. The lowest BCUT2D eigenvalue weighted by atomic mass is 10.0. The van der Waals surface area contributed by atoms with Crippen LogP contribution in [0.5, 0.6) is 5.75 Å². The Bertz CT molecular complexity index is 991. The van der Waals surface area contributed by atoms with Gasteiger partial charge in [0.1, 0.15) is 11.8 Å². The highest BCUT2D eigenvalue weighted by molar-refractivity contribution is 5.89. The number of nitrogens with two attached hydrogens (primary N) is 2. The fraction of sp³-hybridized carbons (Fsp3) is 0.250. The summed E-state index contributed by atoms with van der Waals surface area (Å²) in [7, 11) is 0. The van der Waals surface area contributed by atoms with Crippen molar-refractivity contribution in [1.29, 1.82) is 0 Å². The Balaban J connectivity index is 1.75. The van der Waals surface area contributed by atoms with Crippen LogP contribution in [0.2, 0.25) is 0 Å². The molecule has 0 saturated heterocycles. The minimum atomic E-state index is -0.852. The zero-order chi connectivity index (χ0) is 21.3. The summed E-state index contributed by atoms with van der Waals surface area (Å²) < 4.78 is 5.60. The van der Waals surface area contributed by atoms with Gasteiger partial charge in [0.15, 0.2) is 0 Å². The van der Waals surface area contributed by atoms with Crippen molar-refractivity contribution < 1.29 is 14.3 Å². The van der Waals surface area contributed by atoms with Crippen LogP contribution in [0.1, 0.15) is 18.4 Å². The number of carbonyl (C=O) groups excluding carboxylic acids is 2. The molecule has 3 aromatic rings. The normalized spacial score (nSPS) is 12.9. The van der Waals surface area contributed by atoms with Gasteiger partial charge in [-0.05, 0) is 47.9 Å². The van der Waals surface area contributed by atoms with Gasteiger partial charge < -0.3 is 21.5 Å². The summed E-state index contributed by atoms with van der Waals surface area (Å²) >= 11 is 0. The predicted octanol–water partition coefficient (Wildman–Crippen LogP) is 2.54. The Hall–Kier alpha value is -3.22. The molecule has 0 saturated carbocycles. The molecule has 3 rings (SSSR count). The minimum Gasteiger partial charge on any atom is -0.425 e. The Morgan fingerprint density at radius 2 is 1.63 bits per heavy atom. The van der Waals surface area contributed by atoms with Gasteiger partial charge in [-0.3, -0.25) is 4.79 Å². The second kappa shape index (κ2) is 10.5. The number of carbonyl (C=O) groups is 2. The quantitative estimate of drug-likeness (QED) is 0.375. The van der Waals surface area contributed by atoms with Gasteiger partial charge in [0.05, 0.1) is 6.04 Å². The topological polar surface area (TPSA) is 107 Å². The maximum Gasteiger partial charge on any atom is 0.334 e. The van der Waals surface area contributed by atoms with Gasteiger partial charge in [-0.1, -0.05) is 60.7 Å². The third-order valence-electron chi connectivity index (χ3n) is 4.88. The summed E-state index contributed by atoms with van der Waals surface area (Å²) in [4.78, 5) is 25.4. The number of esters is 1. The van der Waals surface area contributed by atoms with Crippen LogP contribution in [0.25, 0.3) is 10.8 Å². The van der Waals surface area contributed by atoms with Crippen molar-refractivity contribution in [2.75, 3.05) is 6.54 Å². The first-order valence-electron chi connectivity index (χ1n) is 10.1. The summed E-state index contributed by atoms with van der Waals surface area (Å²) in [6.07, 6.45) is 1.40. The molecule has 0 aliphatic rings. The van der Waals surface area contributed by atoms with E-state index < -0.39 is 18.1 Å². The van der Waals surface area contributed by atoms with Crippen molar-refractivity contribution >= 4 is 22.6 Å². The Kier molecular flexibility index (Phi) is 7.54. The molecular weight excluding hydrogens is 378 g/mol. The van der Waals surface area contributed by atoms with E-state index in [1.807, 2.05) is 66.7 Å². The molecule has 6 nitrogen and oxygen atoms in total. The van der Waals surface area contributed by atoms with Crippen LogP contribution in [0.4, 0.5) is 0 Å². The van der Waals surface area contributed by atoms with Crippen LogP contribution < -0.4 is 21.5 Å². The number of benzene rings is 3. The third-order valence-corrected chi connectivity index (χ3v) is 4.88. The molecule has 0 aliphatic carbocycles. The number of ether oxygens (including phenoxy) is 1. The molecule has 0 fully saturated rings. The van der Waals surface area contributed by atoms with E-state index in [-0.39, 0.29) is 5.91 Å². The van der Waals surface area contributed by atoms with E-state index in [1.54, 1.807) is 6.07 Å². The number of rotatable bonds is 9. The standard InChI is InChI=1S/C24H27N3O3/c25-14-6-11-21(26)23(28)27-22(15-17-7-2-1-3-8-17)24(29)30-20-13-12-18-9-4-5-10-19(18)16-20/h1-5,7-10,12-13,16,21-22H,6,11,14-15,25-26H2,(H,27,28)/t21-,22-/m1/s1. The molecule has 1 amide bonds. The SMILES string of the molecule is NCCC[C@@H](N)C(=O)N[C@H](Cc1ccccc1)C(=O)Oc1ccc2ccccc2c1. The minimum absolute atomic E-state index is 0.308. The monoisotopic (exact) mass is 405 g/mol. The third kappa shape index (κ3) is 5.89. The van der Waals surface area contributed by atoms with Gasteiger partial charge in [0.25, 0.3) is 0 Å². The van der Waals surface area contributed by atoms with Crippen LogP contribution in [0.15, 0.2) is 72.8 Å². The summed E-state index contributed by atoms with van der Waals surface area (Å²) in [5.41, 5.74) is 12.3. The fourth-order valence-corrected chi connectivity index (χ4v) is 3.21. The van der Waals surface area contributed by atoms with Gasteiger partial charge >= 0.3 is 5.97 Å². The van der Waals surface area contributed by atoms with Crippen molar-refractivity contribution in [2.24, 2.45) is 11.5 Å². The number of hydrogen-bond donors (Lipinski definition) is 3. The molecule has 0 aliphatic heterocycles. The Morgan fingerprint density at radius 3 is 2.37 bits per heavy atom. The molecule has 6 heteroatoms. The molecule has 5 N–H and O–H groups in total. The zero-order valence-corrected chi connectivity index (χ0v) is 16.8. The molecule has 0 unspecified atom stereocenters. The summed E-state index contributed by atoms with van der Waals surface area (Å²) in [6.45, 7) is 0.457. The lowest BCUT2D eigenvalue weighted by Crippen LogP contribution is -2.50. The number of hydrogen-bond acceptors (Lipinski definition) is 5. The molecule has 2 atom stereocenters. The van der Waals surface area contributed by atoms with Crippen molar-refractivity contribution in [3.8, 4) is 5.75 Å². The van der Waals surface area contributed by atoms with Crippen LogP contribution in [0.3, 0.4) is 0 Å². The van der Waals surface area contributed by atoms with Crippen molar-refractivity contribution in [1.82, 2.24) is 5.32 Å². The lowest BCUT2D eigenvalue weighted by molar-refractivity contribution is -0.139. The molecule has 0 spiro atoms. The fourth-order valence-electron chi connectivity index (χ4n) is 3.21. The highest BCUT2D eigenvalue weighted by atomic mass is 16.5. The second-order valence-electron chi connectivity index (χ2n) is 7.22. The van der Waals surface area contributed by atoms with Crippen LogP contribution in [-0.4, -0.2) is 30.5 Å². The van der Waals surface area contributed by atoms with E-state index >= 15 is 0 Å². The first-order chi connectivity index (χ1) is 14.6. The van der Waals surface area contributed by atoms with Gasteiger partial charge in [-0.15, -0.1) is 0 Å². The highest BCUT2D eigenvalue weighted by Crippen LogP contribution is 2.21. The molecule has 0 heterocycles. The molecule has 0 aromatic heterocycles. The van der Waals surface area contributed by atoms with E-state index in [4.69, 9.17) is 16.2 Å². The lowest BCUT2D eigenvalue weighted by Gasteiger charge is -2.20. The average molecular weight is 405 g/mol. The zero-order valence-electron chi connectivity index (χ0n) is 16.8. The molecule has 156 valence electrons. The number of nitrogens with one attached hydrogen (secondary N) is 1. The van der Waals surface area contributed by atoms with E-state index in [1.165, 1.54) is 0 Å². The Labute approximate surface area is 176 Å². The van der Waals surface area contributed by atoms with Crippen LogP contribution in [-0.2, 0) is 16.0 Å². The number of amides is 1. The highest BCUT2D eigenvalue weighted by Gasteiger charge is 2.25. The molecular formula is C24H27N3O3. The summed E-state index contributed by atoms with van der Waals surface area (Å²) in [6, 6.07) is 21.2. The largest absolute Gasteiger partial charge is 0.425 e. The van der Waals surface area contributed by atoms with E-state index in [9.17, 15) is 9.59 Å². The maximum absolute atomic E-state index is 12.9. The molecule has 0 radical (unpaired) electrons. The van der Waals surface area contributed by atoms with E-state index in [2.05, 4.69) is 5.32 Å². The van der Waals surface area contributed by atoms with Crippen molar-refractivity contribution in [3.05, 3.63) is 78.4 Å². The number of fused-ring (bicyclic) bond motifs is 1. The molecule has 3 aromatic carbocycles. The van der Waals surface area contributed by atoms with Crippen LogP contribution >= 0.6 is 0 Å². The maximum atomic E-state index is 12.9. The van der Waals surface area contributed by atoms with Gasteiger partial charge in [0, 0.05) is 6.42 Å². The second-order valence-corrected chi connectivity index (χ2v) is 7.22. The first-order valence-corrected chi connectivity index (χ1v) is 10.1. The summed E-state index contributed by atoms with van der Waals surface area (Å²) in [5, 5.41) is 4.77. The van der Waals surface area contributed by atoms with Crippen molar-refractivity contribution in [2.45, 2.75) is 31.3 Å². The van der Waals surface area contributed by atoms with Crippen molar-refractivity contribution in [3.63, 3.8) is 0 Å². The smallest absolute Gasteiger partial charge is 0.334 e. The summed E-state index contributed by atoms with van der Waals surface area (Å²) in [5.74, 6) is -0.494. The predicted molar refractivity (Wildman–Crippen MR) is 118 cm³/mol. The van der Waals surface area contributed by atoms with E-state index in [0.717, 1.165) is 16.3 Å².